The van der Waals surface area contributed by atoms with Crippen LogP contribution in [0.25, 0.3) is 0 Å². The summed E-state index contributed by atoms with van der Waals surface area (Å²) in [4.78, 5) is 10.2. The maximum atomic E-state index is 12.3. The van der Waals surface area contributed by atoms with Gasteiger partial charge in [0.2, 0.25) is 6.79 Å². The van der Waals surface area contributed by atoms with E-state index in [-0.39, 0.29) is 5.25 Å². The van der Waals surface area contributed by atoms with Crippen LogP contribution in [0.15, 0.2) is 18.2 Å². The van der Waals surface area contributed by atoms with Gasteiger partial charge in [-0.2, -0.15) is 12.6 Å². The zero-order valence-electron chi connectivity index (χ0n) is 19.1. The predicted octanol–water partition coefficient (Wildman–Crippen LogP) is 4.43. The maximum Gasteiger partial charge on any atom is 0.321 e. The number of carboxylic acids is 1. The lowest BCUT2D eigenvalue weighted by molar-refractivity contribution is -0.138. The molecule has 0 bridgehead atoms. The number of carboxylic acid groups (broad SMARTS) is 1. The van der Waals surface area contributed by atoms with E-state index in [1.165, 1.54) is 37.7 Å². The quantitative estimate of drug-likeness (QED) is 0.210. The minimum Gasteiger partial charge on any atom is -0.616 e. The minimum atomic E-state index is -0.841. The fourth-order valence-corrected chi connectivity index (χ4v) is 4.75. The Balaban J connectivity index is 0.000000452. The summed E-state index contributed by atoms with van der Waals surface area (Å²) in [7, 11) is 0. The van der Waals surface area contributed by atoms with Crippen LogP contribution in [0.4, 0.5) is 0 Å². The van der Waals surface area contributed by atoms with Crippen LogP contribution in [0.3, 0.4) is 0 Å². The Morgan fingerprint density at radius 1 is 1.19 bits per heavy atom. The average molecular weight is 474 g/mol. The number of hydrogen-bond acceptors (Lipinski definition) is 6. The number of fused-ring (bicyclic) bond motifs is 1. The normalized spacial score (nSPS) is 15.0. The summed E-state index contributed by atoms with van der Waals surface area (Å²) in [6.07, 6.45) is 8.32. The van der Waals surface area contributed by atoms with E-state index < -0.39 is 23.2 Å². The molecule has 0 spiro atoms. The fourth-order valence-electron chi connectivity index (χ4n) is 3.19. The number of benzene rings is 1. The van der Waals surface area contributed by atoms with Gasteiger partial charge in [0.15, 0.2) is 11.5 Å². The van der Waals surface area contributed by atoms with Crippen LogP contribution in [-0.2, 0) is 22.4 Å². The monoisotopic (exact) mass is 473 g/mol. The van der Waals surface area contributed by atoms with Crippen LogP contribution in [0, 0.1) is 0 Å². The van der Waals surface area contributed by atoms with Crippen LogP contribution in [-0.4, -0.2) is 51.8 Å². The molecule has 0 radical (unpaired) electrons. The van der Waals surface area contributed by atoms with Crippen molar-refractivity contribution in [1.82, 2.24) is 5.32 Å². The molecule has 1 aromatic carbocycles. The summed E-state index contributed by atoms with van der Waals surface area (Å²) >= 11 is 3.10. The summed E-state index contributed by atoms with van der Waals surface area (Å²) in [5.74, 6) is 1.95. The summed E-state index contributed by atoms with van der Waals surface area (Å²) in [6, 6.07) is 5.51. The van der Waals surface area contributed by atoms with Crippen molar-refractivity contribution in [3.8, 4) is 11.5 Å². The molecular formula is C23H39NO5S2. The highest BCUT2D eigenvalue weighted by Crippen LogP contribution is 2.33. The van der Waals surface area contributed by atoms with Crippen molar-refractivity contribution in [2.24, 2.45) is 0 Å². The van der Waals surface area contributed by atoms with E-state index in [4.69, 9.17) is 14.6 Å². The smallest absolute Gasteiger partial charge is 0.321 e. The van der Waals surface area contributed by atoms with Gasteiger partial charge in [-0.25, -0.2) is 0 Å². The van der Waals surface area contributed by atoms with E-state index in [0.717, 1.165) is 30.1 Å². The van der Waals surface area contributed by atoms with E-state index >= 15 is 0 Å². The molecule has 31 heavy (non-hydrogen) atoms. The molecule has 0 fully saturated rings. The Hall–Kier alpha value is -1.09. The third-order valence-electron chi connectivity index (χ3n) is 5.04. The predicted molar refractivity (Wildman–Crippen MR) is 131 cm³/mol. The second-order valence-corrected chi connectivity index (χ2v) is 10.0. The van der Waals surface area contributed by atoms with Crippen LogP contribution >= 0.6 is 12.6 Å². The van der Waals surface area contributed by atoms with Crippen molar-refractivity contribution >= 4 is 29.8 Å². The van der Waals surface area contributed by atoms with E-state index in [1.807, 2.05) is 25.1 Å². The van der Waals surface area contributed by atoms with Gasteiger partial charge in [0.1, 0.15) is 17.0 Å². The highest BCUT2D eigenvalue weighted by atomic mass is 32.2. The minimum absolute atomic E-state index is 0.191. The second kappa shape index (κ2) is 16.5. The van der Waals surface area contributed by atoms with Crippen molar-refractivity contribution in [3.05, 3.63) is 23.8 Å². The average Bonchev–Trinajstić information content (AvgIpc) is 3.22. The molecular weight excluding hydrogens is 434 g/mol. The first-order chi connectivity index (χ1) is 14.9. The lowest BCUT2D eigenvalue weighted by Crippen LogP contribution is -2.37. The van der Waals surface area contributed by atoms with Crippen LogP contribution in [0.2, 0.25) is 0 Å². The van der Waals surface area contributed by atoms with Crippen molar-refractivity contribution < 1.29 is 23.9 Å². The maximum absolute atomic E-state index is 12.3. The molecule has 1 aliphatic rings. The number of unbranched alkanes of at least 4 members (excludes halogenated alkanes) is 5. The number of rotatable bonds is 14. The Labute approximate surface area is 196 Å². The highest BCUT2D eigenvalue weighted by Gasteiger charge is 2.19. The van der Waals surface area contributed by atoms with E-state index in [0.29, 0.717) is 19.1 Å². The fraction of sp³-hybridized carbons (Fsp3) is 0.696. The van der Waals surface area contributed by atoms with Gasteiger partial charge >= 0.3 is 5.97 Å². The largest absolute Gasteiger partial charge is 0.616 e. The van der Waals surface area contributed by atoms with E-state index in [1.54, 1.807) is 0 Å². The molecule has 3 atom stereocenters. The van der Waals surface area contributed by atoms with Crippen LogP contribution in [0.1, 0.15) is 64.9 Å². The molecule has 0 aliphatic carbocycles. The molecule has 0 aromatic heterocycles. The van der Waals surface area contributed by atoms with Crippen molar-refractivity contribution in [1.29, 1.82) is 0 Å². The summed E-state index contributed by atoms with van der Waals surface area (Å²) in [5, 5.41) is 11.3. The highest BCUT2D eigenvalue weighted by molar-refractivity contribution is 7.92. The lowest BCUT2D eigenvalue weighted by atomic mass is 10.1. The van der Waals surface area contributed by atoms with Crippen molar-refractivity contribution in [2.45, 2.75) is 77.0 Å². The topological polar surface area (TPSA) is 90.9 Å². The molecule has 2 rings (SSSR count). The molecule has 8 heteroatoms. The van der Waals surface area contributed by atoms with Gasteiger partial charge in [-0.05, 0) is 44.0 Å². The Bertz CT molecular complexity index is 632. The van der Waals surface area contributed by atoms with E-state index in [2.05, 4.69) is 31.8 Å². The Morgan fingerprint density at radius 3 is 2.48 bits per heavy atom. The van der Waals surface area contributed by atoms with Gasteiger partial charge < -0.3 is 24.4 Å². The number of thiol groups is 1. The Morgan fingerprint density at radius 2 is 1.87 bits per heavy atom. The summed E-state index contributed by atoms with van der Waals surface area (Å²) in [5.41, 5.74) is 1.17. The molecule has 1 aromatic rings. The van der Waals surface area contributed by atoms with Crippen LogP contribution in [0.5, 0.6) is 11.5 Å². The zero-order valence-corrected chi connectivity index (χ0v) is 20.8. The first kappa shape index (κ1) is 27.9. The summed E-state index contributed by atoms with van der Waals surface area (Å²) < 4.78 is 23.0. The third kappa shape index (κ3) is 11.4. The number of hydrogen-bond donors (Lipinski definition) is 3. The first-order valence-electron chi connectivity index (χ1n) is 11.3. The number of ether oxygens (including phenoxy) is 2. The molecule has 178 valence electrons. The molecule has 0 saturated carbocycles. The van der Waals surface area contributed by atoms with Gasteiger partial charge in [-0.15, -0.1) is 0 Å². The van der Waals surface area contributed by atoms with Gasteiger partial charge in [-0.3, -0.25) is 4.79 Å². The van der Waals surface area contributed by atoms with Gasteiger partial charge in [0, 0.05) is 12.2 Å². The summed E-state index contributed by atoms with van der Waals surface area (Å²) in [6.45, 7) is 7.14. The Kier molecular flexibility index (Phi) is 14.9. The number of likely N-dealkylation sites (N-methyl/N-ethyl adjacent to an activating group) is 1. The zero-order chi connectivity index (χ0) is 23.1. The van der Waals surface area contributed by atoms with Crippen molar-refractivity contribution in [2.75, 3.05) is 24.8 Å². The SMILES string of the molecule is CCCCCCCC[S+]([O-])C(C)Cc1ccc2c(c1)OCO2.CCN[C@@H](CS)C(=O)O. The van der Waals surface area contributed by atoms with Gasteiger partial charge in [0.05, 0.1) is 0 Å². The van der Waals surface area contributed by atoms with Crippen molar-refractivity contribution in [3.63, 3.8) is 0 Å². The molecule has 1 heterocycles. The van der Waals surface area contributed by atoms with Gasteiger partial charge in [0.25, 0.3) is 0 Å². The number of aliphatic carboxylic acids is 1. The third-order valence-corrected chi connectivity index (χ3v) is 7.16. The first-order valence-corrected chi connectivity index (χ1v) is 13.3. The number of nitrogens with one attached hydrogen (secondary N) is 1. The van der Waals surface area contributed by atoms with Crippen LogP contribution < -0.4 is 14.8 Å². The number of carbonyl (C=O) groups is 1. The molecule has 2 unspecified atom stereocenters. The standard InChI is InChI=1S/C18H28O3S.C5H11NO2S/c1-3-4-5-6-7-8-11-22(19)15(2)12-16-9-10-17-18(13-16)21-14-20-17;1-2-6-4(3-9)5(7)8/h9-10,13,15H,3-8,11-12,14H2,1-2H3;4,6,9H,2-3H2,1H3,(H,7,8)/t;4-/m.0/s1. The lowest BCUT2D eigenvalue weighted by Gasteiger charge is -2.18. The molecule has 6 nitrogen and oxygen atoms in total. The molecule has 0 saturated heterocycles. The molecule has 1 aliphatic heterocycles. The van der Waals surface area contributed by atoms with Gasteiger partial charge in [-0.1, -0.05) is 56.8 Å². The molecule has 0 amide bonds. The van der Waals surface area contributed by atoms with E-state index in [9.17, 15) is 9.35 Å². The molecule has 2 N–H and O–H groups in total. The second-order valence-electron chi connectivity index (χ2n) is 7.69.